The van der Waals surface area contributed by atoms with E-state index in [0.717, 1.165) is 43.3 Å². The highest BCUT2D eigenvalue weighted by atomic mass is 35.5. The van der Waals surface area contributed by atoms with Gasteiger partial charge in [0.1, 0.15) is 18.1 Å². The lowest BCUT2D eigenvalue weighted by Gasteiger charge is -2.35. The Morgan fingerprint density at radius 1 is 1.11 bits per heavy atom. The Balaban J connectivity index is 1.42. The summed E-state index contributed by atoms with van der Waals surface area (Å²) in [5.41, 5.74) is -2.27. The number of fused-ring (bicyclic) bond motifs is 3. The zero-order valence-corrected chi connectivity index (χ0v) is 25.2. The number of ether oxygens (including phenoxy) is 3. The minimum absolute atomic E-state index is 0.0862. The van der Waals surface area contributed by atoms with Crippen molar-refractivity contribution in [1.82, 2.24) is 20.4 Å². The van der Waals surface area contributed by atoms with Crippen LogP contribution in [0.2, 0.25) is 5.02 Å². The highest BCUT2D eigenvalue weighted by Gasteiger charge is 2.50. The van der Waals surface area contributed by atoms with Crippen molar-refractivity contribution in [2.45, 2.75) is 43.6 Å². The van der Waals surface area contributed by atoms with Crippen LogP contribution in [0.4, 0.5) is 22.0 Å². The monoisotopic (exact) mass is 674 g/mol. The lowest BCUT2D eigenvalue weighted by molar-refractivity contribution is -0.143. The van der Waals surface area contributed by atoms with E-state index in [2.05, 4.69) is 15.7 Å². The predicted molar refractivity (Wildman–Crippen MR) is 158 cm³/mol. The van der Waals surface area contributed by atoms with Crippen LogP contribution in [0.15, 0.2) is 53.5 Å². The number of amides is 1. The molecule has 9 nitrogen and oxygen atoms in total. The van der Waals surface area contributed by atoms with E-state index in [4.69, 9.17) is 25.8 Å². The van der Waals surface area contributed by atoms with Gasteiger partial charge in [0.25, 0.3) is 5.91 Å². The van der Waals surface area contributed by atoms with Crippen molar-refractivity contribution in [1.29, 1.82) is 0 Å². The van der Waals surface area contributed by atoms with Gasteiger partial charge in [-0.1, -0.05) is 41.9 Å². The topological polar surface area (TPSA) is 104 Å². The average molecular weight is 675 g/mol. The number of hydrogen-bond donors (Lipinski definition) is 2. The van der Waals surface area contributed by atoms with E-state index in [-0.39, 0.29) is 39.8 Å². The Labute approximate surface area is 268 Å². The summed E-state index contributed by atoms with van der Waals surface area (Å²) in [6.07, 6.45) is -2.28. The molecule has 1 aromatic heterocycles. The summed E-state index contributed by atoms with van der Waals surface area (Å²) in [5.74, 6) is -5.18. The Bertz CT molecular complexity index is 2000. The normalized spacial score (nSPS) is 19.6. The maximum absolute atomic E-state index is 16.9. The molecule has 2 N–H and O–H groups in total. The van der Waals surface area contributed by atoms with Gasteiger partial charge in [0, 0.05) is 36.2 Å². The fraction of sp³-hybridized carbons (Fsp3) is 0.281. The second kappa shape index (κ2) is 11.2. The highest BCUT2D eigenvalue weighted by molar-refractivity contribution is 6.34. The summed E-state index contributed by atoms with van der Waals surface area (Å²) in [5, 5.41) is 8.84. The molecule has 4 aromatic rings. The van der Waals surface area contributed by atoms with E-state index in [9.17, 15) is 22.8 Å². The molecule has 0 radical (unpaired) electrons. The van der Waals surface area contributed by atoms with Crippen molar-refractivity contribution >= 4 is 17.5 Å². The first-order chi connectivity index (χ1) is 22.4. The molecule has 15 heteroatoms. The summed E-state index contributed by atoms with van der Waals surface area (Å²) in [4.78, 5) is 26.1. The number of alkyl halides is 3. The van der Waals surface area contributed by atoms with Crippen molar-refractivity contribution in [3.05, 3.63) is 92.4 Å². The largest absolute Gasteiger partial charge is 0.480 e. The van der Waals surface area contributed by atoms with Crippen LogP contribution < -0.4 is 30.4 Å². The summed E-state index contributed by atoms with van der Waals surface area (Å²) in [7, 11) is 1.30. The Morgan fingerprint density at radius 2 is 1.87 bits per heavy atom. The number of hydrogen-bond acceptors (Lipinski definition) is 7. The van der Waals surface area contributed by atoms with E-state index >= 15 is 8.78 Å². The molecule has 3 aliphatic rings. The van der Waals surface area contributed by atoms with Crippen LogP contribution >= 0.6 is 11.6 Å². The number of rotatable bonds is 5. The number of aromatic nitrogens is 2. The maximum atomic E-state index is 16.9. The number of benzene rings is 3. The average Bonchev–Trinajstić information content (AvgIpc) is 3.72. The van der Waals surface area contributed by atoms with Gasteiger partial charge in [0.05, 0.1) is 22.8 Å². The van der Waals surface area contributed by atoms with Gasteiger partial charge in [-0.3, -0.25) is 9.59 Å². The van der Waals surface area contributed by atoms with Crippen molar-refractivity contribution < 1.29 is 41.0 Å². The molecule has 4 heterocycles. The first-order valence-electron chi connectivity index (χ1n) is 14.5. The van der Waals surface area contributed by atoms with Crippen molar-refractivity contribution in [3.8, 4) is 39.9 Å². The lowest BCUT2D eigenvalue weighted by Crippen LogP contribution is -2.48. The van der Waals surface area contributed by atoms with Gasteiger partial charge in [-0.25, -0.2) is 13.5 Å². The van der Waals surface area contributed by atoms with E-state index in [1.807, 2.05) is 30.3 Å². The number of carbonyl (C=O) groups is 1. The van der Waals surface area contributed by atoms with E-state index in [1.54, 1.807) is 0 Å². The van der Waals surface area contributed by atoms with Crippen molar-refractivity contribution in [2.75, 3.05) is 13.6 Å². The second-order valence-electron chi connectivity index (χ2n) is 11.3. The number of carbonyl (C=O) groups excluding carboxylic acids is 1. The number of nitrogens with zero attached hydrogens (tertiary/aromatic N) is 2. The number of nitrogens with one attached hydrogen (secondary N) is 2. The summed E-state index contributed by atoms with van der Waals surface area (Å²) >= 11 is 6.59. The molecular formula is C32H24ClF5N4O5. The van der Waals surface area contributed by atoms with Crippen molar-refractivity contribution in [3.63, 3.8) is 0 Å². The van der Waals surface area contributed by atoms with Crippen LogP contribution in [-0.4, -0.2) is 41.5 Å². The molecule has 1 saturated heterocycles. The molecule has 0 spiro atoms. The quantitative estimate of drug-likeness (QED) is 0.213. The third-order valence-corrected chi connectivity index (χ3v) is 8.90. The molecule has 0 aliphatic carbocycles. The highest BCUT2D eigenvalue weighted by Crippen LogP contribution is 2.55. The third-order valence-electron chi connectivity index (χ3n) is 8.53. The molecule has 1 fully saturated rings. The minimum atomic E-state index is -4.79. The van der Waals surface area contributed by atoms with Crippen LogP contribution in [0.1, 0.15) is 34.3 Å². The molecule has 3 aliphatic heterocycles. The van der Waals surface area contributed by atoms with Gasteiger partial charge in [-0.05, 0) is 31.0 Å². The molecule has 2 atom stereocenters. The van der Waals surface area contributed by atoms with Gasteiger partial charge >= 0.3 is 11.7 Å². The van der Waals surface area contributed by atoms with E-state index < -0.39 is 69.3 Å². The second-order valence-corrected chi connectivity index (χ2v) is 11.7. The summed E-state index contributed by atoms with van der Waals surface area (Å²) < 4.78 is 89.5. The maximum Gasteiger partial charge on any atom is 0.408 e. The third kappa shape index (κ3) is 5.06. The molecule has 244 valence electrons. The molecule has 1 amide bonds. The first-order valence-corrected chi connectivity index (χ1v) is 14.9. The van der Waals surface area contributed by atoms with E-state index in [0.29, 0.717) is 5.56 Å². The van der Waals surface area contributed by atoms with Gasteiger partial charge in [-0.15, -0.1) is 0 Å². The van der Waals surface area contributed by atoms with Crippen LogP contribution in [0.5, 0.6) is 28.7 Å². The molecule has 0 saturated carbocycles. The predicted octanol–water partition coefficient (Wildman–Crippen LogP) is 6.24. The Hall–Kier alpha value is -4.69. The molecule has 7 rings (SSSR count). The van der Waals surface area contributed by atoms with Crippen LogP contribution in [0, 0.1) is 11.6 Å². The fourth-order valence-corrected chi connectivity index (χ4v) is 6.75. The zero-order valence-electron chi connectivity index (χ0n) is 24.4. The van der Waals surface area contributed by atoms with Crippen LogP contribution in [0.25, 0.3) is 11.1 Å². The smallest absolute Gasteiger partial charge is 0.408 e. The van der Waals surface area contributed by atoms with E-state index in [1.165, 1.54) is 7.05 Å². The first kappa shape index (κ1) is 30.9. The van der Waals surface area contributed by atoms with Gasteiger partial charge in [0.15, 0.2) is 22.9 Å². The lowest BCUT2D eigenvalue weighted by atomic mass is 9.80. The summed E-state index contributed by atoms with van der Waals surface area (Å²) in [6, 6.07) is 11.3. The molecule has 47 heavy (non-hydrogen) atoms. The Kier molecular flexibility index (Phi) is 7.39. The molecule has 3 aromatic carbocycles. The molecule has 0 unspecified atom stereocenters. The van der Waals surface area contributed by atoms with Gasteiger partial charge in [0.2, 0.25) is 11.5 Å². The molecule has 0 bridgehead atoms. The standard InChI is InChI=1S/C32H24ClF5N4O5/c1-39-29(43)16-10-20-27(46-28-21(45-20)13-41-42(30(28)44)14-32(36,37)38)26(35)24(16)23-17-12-31(22-8-5-9-40-22,15-6-3-2-4-7-15)47-19(17)11-18(34)25(23)33/h2-4,6-7,10-11,13,22,40H,5,8-9,12,14H2,1H3,(H,39,43)/t22-,31-/m0/s1. The van der Waals surface area contributed by atoms with Crippen LogP contribution in [0.3, 0.4) is 0 Å². The van der Waals surface area contributed by atoms with Gasteiger partial charge < -0.3 is 24.8 Å². The Morgan fingerprint density at radius 3 is 2.55 bits per heavy atom. The minimum Gasteiger partial charge on any atom is -0.480 e. The SMILES string of the molecule is CNC(=O)c1cc2c(c(F)c1-c1c(Cl)c(F)cc3c1C[C@](c1ccccc1)([C@@H]1CCCN1)O3)Oc1c(cnn(CC(F)(F)F)c1=O)O2. The van der Waals surface area contributed by atoms with Crippen molar-refractivity contribution in [2.24, 2.45) is 0 Å². The number of halogens is 6. The molecular weight excluding hydrogens is 651 g/mol. The van der Waals surface area contributed by atoms with Gasteiger partial charge in [-0.2, -0.15) is 18.3 Å². The zero-order chi connectivity index (χ0) is 33.2. The van der Waals surface area contributed by atoms with Crippen LogP contribution in [-0.2, 0) is 18.6 Å². The summed E-state index contributed by atoms with van der Waals surface area (Å²) in [6.45, 7) is -1.01. The fourth-order valence-electron chi connectivity index (χ4n) is 6.49.